The Balaban J connectivity index is 1.69. The predicted octanol–water partition coefficient (Wildman–Crippen LogP) is 3.79. The molecule has 0 atom stereocenters. The number of ether oxygens (including phenoxy) is 1. The Bertz CT molecular complexity index is 1340. The van der Waals surface area contributed by atoms with Gasteiger partial charge in [0.05, 0.1) is 12.8 Å². The van der Waals surface area contributed by atoms with E-state index >= 15 is 0 Å². The second-order valence-electron chi connectivity index (χ2n) is 7.97. The summed E-state index contributed by atoms with van der Waals surface area (Å²) in [6.07, 6.45) is 8.55. The van der Waals surface area contributed by atoms with E-state index in [1.807, 2.05) is 62.6 Å². The summed E-state index contributed by atoms with van der Waals surface area (Å²) >= 11 is 0. The van der Waals surface area contributed by atoms with Crippen LogP contribution in [0.3, 0.4) is 0 Å². The number of aromatic amines is 1. The van der Waals surface area contributed by atoms with Gasteiger partial charge in [-0.25, -0.2) is 15.0 Å². The van der Waals surface area contributed by atoms with Crippen LogP contribution in [0.25, 0.3) is 33.4 Å². The summed E-state index contributed by atoms with van der Waals surface area (Å²) in [6, 6.07) is 9.54. The molecule has 9 heteroatoms. The molecule has 1 amide bonds. The van der Waals surface area contributed by atoms with Crippen molar-refractivity contribution in [2.45, 2.75) is 0 Å². The molecule has 0 aliphatic rings. The van der Waals surface area contributed by atoms with Gasteiger partial charge in [-0.15, -0.1) is 0 Å². The van der Waals surface area contributed by atoms with Crippen molar-refractivity contribution >= 4 is 28.4 Å². The first-order valence-corrected chi connectivity index (χ1v) is 10.8. The Kier molecular flexibility index (Phi) is 6.84. The maximum absolute atomic E-state index is 12.3. The number of methoxy groups -OCH3 is 1. The molecular weight excluding hydrogens is 430 g/mol. The van der Waals surface area contributed by atoms with Crippen LogP contribution in [0.4, 0.5) is 11.5 Å². The van der Waals surface area contributed by atoms with Crippen LogP contribution in [0, 0.1) is 0 Å². The number of hydrogen-bond acceptors (Lipinski definition) is 7. The van der Waals surface area contributed by atoms with Crippen molar-refractivity contribution < 1.29 is 9.53 Å². The third kappa shape index (κ3) is 5.21. The highest BCUT2D eigenvalue weighted by atomic mass is 16.5. The van der Waals surface area contributed by atoms with Gasteiger partial charge in [0.25, 0.3) is 0 Å². The van der Waals surface area contributed by atoms with E-state index in [0.29, 0.717) is 18.0 Å². The molecule has 0 radical (unpaired) electrons. The summed E-state index contributed by atoms with van der Waals surface area (Å²) in [5, 5.41) is 6.87. The molecule has 3 N–H and O–H groups in total. The number of H-pyrrole nitrogens is 1. The van der Waals surface area contributed by atoms with E-state index in [1.165, 1.54) is 12.4 Å². The number of benzene rings is 1. The summed E-state index contributed by atoms with van der Waals surface area (Å²) in [7, 11) is 7.31. The van der Waals surface area contributed by atoms with E-state index in [2.05, 4.69) is 30.6 Å². The summed E-state index contributed by atoms with van der Waals surface area (Å²) in [6.45, 7) is 0.684. The molecule has 3 aromatic heterocycles. The van der Waals surface area contributed by atoms with Gasteiger partial charge >= 0.3 is 0 Å². The molecule has 34 heavy (non-hydrogen) atoms. The van der Waals surface area contributed by atoms with E-state index in [4.69, 9.17) is 4.74 Å². The number of nitrogens with zero attached hydrogens (tertiary/aromatic N) is 4. The number of rotatable bonds is 8. The van der Waals surface area contributed by atoms with E-state index in [0.717, 1.165) is 39.2 Å². The van der Waals surface area contributed by atoms with Gasteiger partial charge in [-0.1, -0.05) is 6.08 Å². The summed E-state index contributed by atoms with van der Waals surface area (Å²) < 4.78 is 5.48. The average Bonchev–Trinajstić information content (AvgIpc) is 3.27. The van der Waals surface area contributed by atoms with Crippen molar-refractivity contribution in [3.8, 4) is 28.1 Å². The van der Waals surface area contributed by atoms with Crippen LogP contribution in [-0.4, -0.2) is 65.5 Å². The second kappa shape index (κ2) is 10.1. The number of anilines is 2. The lowest BCUT2D eigenvalue weighted by Crippen LogP contribution is -2.13. The fourth-order valence-electron chi connectivity index (χ4n) is 3.52. The Hall–Kier alpha value is -4.24. The number of carbonyl (C=O) groups is 1. The van der Waals surface area contributed by atoms with Crippen molar-refractivity contribution in [2.75, 3.05) is 45.4 Å². The molecular formula is C25H27N7O2. The molecule has 0 fully saturated rings. The minimum atomic E-state index is -0.202. The van der Waals surface area contributed by atoms with Crippen LogP contribution in [0.2, 0.25) is 0 Å². The van der Waals surface area contributed by atoms with Crippen LogP contribution in [0.5, 0.6) is 5.75 Å². The number of nitrogens with one attached hydrogen (secondary N) is 3. The molecule has 0 aliphatic heterocycles. The zero-order valence-corrected chi connectivity index (χ0v) is 19.6. The fourth-order valence-corrected chi connectivity index (χ4v) is 3.52. The summed E-state index contributed by atoms with van der Waals surface area (Å²) in [4.78, 5) is 30.7. The minimum absolute atomic E-state index is 0.202. The zero-order valence-electron chi connectivity index (χ0n) is 19.6. The van der Waals surface area contributed by atoms with Crippen molar-refractivity contribution in [3.63, 3.8) is 0 Å². The molecule has 174 valence electrons. The third-order valence-corrected chi connectivity index (χ3v) is 5.21. The van der Waals surface area contributed by atoms with E-state index in [-0.39, 0.29) is 5.91 Å². The molecule has 0 saturated heterocycles. The lowest BCUT2D eigenvalue weighted by Gasteiger charge is -2.10. The molecule has 0 spiro atoms. The lowest BCUT2D eigenvalue weighted by molar-refractivity contribution is -0.111. The van der Waals surface area contributed by atoms with E-state index < -0.39 is 0 Å². The molecule has 0 aliphatic carbocycles. The van der Waals surface area contributed by atoms with Crippen molar-refractivity contribution in [2.24, 2.45) is 0 Å². The van der Waals surface area contributed by atoms with Gasteiger partial charge in [0.15, 0.2) is 0 Å². The normalized spacial score (nSPS) is 11.3. The maximum atomic E-state index is 12.3. The van der Waals surface area contributed by atoms with E-state index in [1.54, 1.807) is 19.4 Å². The van der Waals surface area contributed by atoms with Crippen LogP contribution in [0.1, 0.15) is 0 Å². The topological polar surface area (TPSA) is 108 Å². The highest BCUT2D eigenvalue weighted by Gasteiger charge is 2.12. The lowest BCUT2D eigenvalue weighted by atomic mass is 10.0. The Labute approximate surface area is 197 Å². The highest BCUT2D eigenvalue weighted by molar-refractivity contribution is 6.00. The van der Waals surface area contributed by atoms with Crippen LogP contribution >= 0.6 is 0 Å². The molecule has 4 rings (SSSR count). The monoisotopic (exact) mass is 457 g/mol. The zero-order chi connectivity index (χ0) is 24.1. The van der Waals surface area contributed by atoms with Gasteiger partial charge in [0.1, 0.15) is 23.5 Å². The summed E-state index contributed by atoms with van der Waals surface area (Å²) in [5.41, 5.74) is 4.85. The van der Waals surface area contributed by atoms with Gasteiger partial charge in [0.2, 0.25) is 5.91 Å². The molecule has 0 saturated carbocycles. The fraction of sp³-hybridized carbons (Fsp3) is 0.200. The Morgan fingerprint density at radius 3 is 2.74 bits per heavy atom. The number of amides is 1. The third-order valence-electron chi connectivity index (χ3n) is 5.21. The molecule has 0 bridgehead atoms. The van der Waals surface area contributed by atoms with Crippen LogP contribution < -0.4 is 15.4 Å². The van der Waals surface area contributed by atoms with Crippen LogP contribution in [0.15, 0.2) is 61.2 Å². The quantitative estimate of drug-likeness (QED) is 0.346. The molecule has 1 aromatic carbocycles. The van der Waals surface area contributed by atoms with Gasteiger partial charge in [0, 0.05) is 66.4 Å². The molecule has 0 unspecified atom stereocenters. The van der Waals surface area contributed by atoms with E-state index in [9.17, 15) is 4.79 Å². The van der Waals surface area contributed by atoms with Crippen LogP contribution in [-0.2, 0) is 4.79 Å². The number of fused-ring (bicyclic) bond motifs is 1. The summed E-state index contributed by atoms with van der Waals surface area (Å²) in [5.74, 6) is 1.16. The predicted molar refractivity (Wildman–Crippen MR) is 135 cm³/mol. The Morgan fingerprint density at radius 2 is 1.97 bits per heavy atom. The number of hydrogen-bond donors (Lipinski definition) is 3. The smallest absolute Gasteiger partial charge is 0.248 e. The first-order valence-electron chi connectivity index (χ1n) is 10.8. The molecule has 4 aromatic rings. The number of carbonyl (C=O) groups excluding carboxylic acids is 1. The largest absolute Gasteiger partial charge is 0.497 e. The SMILES string of the molecule is CNc1cc(-c2c[nH]c3ncc(-c4cc(NC(=O)C=CCN(C)C)cc(OC)c4)cc23)ncn1. The number of pyridine rings is 1. The Morgan fingerprint density at radius 1 is 1.12 bits per heavy atom. The molecule has 9 nitrogen and oxygen atoms in total. The first kappa shape index (κ1) is 22.9. The maximum Gasteiger partial charge on any atom is 0.248 e. The van der Waals surface area contributed by atoms with Crippen molar-refractivity contribution in [1.82, 2.24) is 24.8 Å². The number of aromatic nitrogens is 4. The highest BCUT2D eigenvalue weighted by Crippen LogP contribution is 2.33. The average molecular weight is 458 g/mol. The van der Waals surface area contributed by atoms with Crippen molar-refractivity contribution in [1.29, 1.82) is 0 Å². The van der Waals surface area contributed by atoms with Gasteiger partial charge < -0.3 is 25.3 Å². The second-order valence-corrected chi connectivity index (χ2v) is 7.97. The molecule has 3 heterocycles. The van der Waals surface area contributed by atoms with Gasteiger partial charge in [-0.05, 0) is 37.9 Å². The minimum Gasteiger partial charge on any atom is -0.497 e. The van der Waals surface area contributed by atoms with Crippen molar-refractivity contribution in [3.05, 3.63) is 61.2 Å². The van der Waals surface area contributed by atoms with Gasteiger partial charge in [-0.2, -0.15) is 0 Å². The standard InChI is InChI=1S/C25H27N7O2/c1-26-23-12-22(29-15-30-23)21-14-28-25-20(21)10-17(13-27-25)16-8-18(11-19(9-16)34-4)31-24(33)6-5-7-32(2)3/h5-6,8-15H,7H2,1-4H3,(H,27,28)(H,31,33)(H,26,29,30). The first-order chi connectivity index (χ1) is 16.5. The number of likely N-dealkylation sites (N-methyl/N-ethyl adjacent to an activating group) is 1. The van der Waals surface area contributed by atoms with Gasteiger partial charge in [-0.3, -0.25) is 4.79 Å².